The number of hydrogen-bond acceptors (Lipinski definition) is 2. The van der Waals surface area contributed by atoms with Gasteiger partial charge in [0.2, 0.25) is 5.91 Å². The maximum absolute atomic E-state index is 10.7. The van der Waals surface area contributed by atoms with E-state index < -0.39 is 0 Å². The first kappa shape index (κ1) is 8.49. The summed E-state index contributed by atoms with van der Waals surface area (Å²) < 4.78 is 0. The Morgan fingerprint density at radius 1 is 1.64 bits per heavy atom. The Balaban J connectivity index is 2.40. The molecule has 1 aliphatic rings. The first-order valence-corrected chi connectivity index (χ1v) is 3.87. The van der Waals surface area contributed by atoms with Gasteiger partial charge >= 0.3 is 0 Å². The Morgan fingerprint density at radius 2 is 2.36 bits per heavy atom. The van der Waals surface area contributed by atoms with Gasteiger partial charge in [-0.3, -0.25) is 4.79 Å². The van der Waals surface area contributed by atoms with E-state index in [4.69, 9.17) is 5.73 Å². The van der Waals surface area contributed by atoms with Gasteiger partial charge in [-0.15, -0.1) is 0 Å². The van der Waals surface area contributed by atoms with E-state index >= 15 is 0 Å². The molecule has 0 aromatic heterocycles. The average molecular weight is 156 g/mol. The summed E-state index contributed by atoms with van der Waals surface area (Å²) in [6.07, 6.45) is 0. The van der Waals surface area contributed by atoms with E-state index in [1.54, 1.807) is 0 Å². The van der Waals surface area contributed by atoms with Gasteiger partial charge in [-0.25, -0.2) is 5.32 Å². The van der Waals surface area contributed by atoms with Crippen molar-refractivity contribution in [2.75, 3.05) is 19.6 Å². The van der Waals surface area contributed by atoms with Crippen molar-refractivity contribution in [2.24, 2.45) is 11.7 Å². The molecule has 1 amide bonds. The van der Waals surface area contributed by atoms with Crippen LogP contribution in [-0.2, 0) is 4.79 Å². The smallest absolute Gasteiger partial charge is 0.223 e. The molecule has 4 nitrogen and oxygen atoms in total. The van der Waals surface area contributed by atoms with Gasteiger partial charge in [0.15, 0.2) is 0 Å². The molecule has 0 saturated carbocycles. The number of hydrogen-bond donors (Lipinski definition) is 2. The normalized spacial score (nSPS) is 32.8. The summed E-state index contributed by atoms with van der Waals surface area (Å²) in [5.41, 5.74) is 5.14. The van der Waals surface area contributed by atoms with Gasteiger partial charge in [-0.05, 0) is 6.92 Å². The van der Waals surface area contributed by atoms with Crippen LogP contribution in [0.25, 0.3) is 0 Å². The largest absolute Gasteiger partial charge is 0.369 e. The number of nitrogens with two attached hydrogens (primary N) is 1. The van der Waals surface area contributed by atoms with Crippen LogP contribution < -0.4 is 16.4 Å². The molecule has 2 atom stereocenters. The van der Waals surface area contributed by atoms with Crippen LogP contribution in [0.2, 0.25) is 0 Å². The molecular weight excluding hydrogens is 142 g/mol. The zero-order valence-electron chi connectivity index (χ0n) is 6.71. The third kappa shape index (κ3) is 2.48. The molecule has 1 saturated heterocycles. The first-order valence-electron chi connectivity index (χ1n) is 3.87. The topological polar surface area (TPSA) is 69.2 Å². The second-order valence-electron chi connectivity index (χ2n) is 2.97. The van der Waals surface area contributed by atoms with Crippen molar-refractivity contribution in [1.82, 2.24) is 10.6 Å². The number of carbonyl (C=O) groups excluding carboxylic acids is 1. The Labute approximate surface area is 66.5 Å². The Kier molecular flexibility index (Phi) is 2.84. The number of primary amides is 1. The van der Waals surface area contributed by atoms with Gasteiger partial charge in [-0.1, -0.05) is 0 Å². The molecule has 0 aromatic carbocycles. The molecule has 1 radical (unpaired) electrons. The van der Waals surface area contributed by atoms with Gasteiger partial charge < -0.3 is 11.1 Å². The maximum atomic E-state index is 10.7. The van der Waals surface area contributed by atoms with Crippen molar-refractivity contribution in [2.45, 2.75) is 13.0 Å². The third-order valence-corrected chi connectivity index (χ3v) is 1.87. The Morgan fingerprint density at radius 3 is 3.00 bits per heavy atom. The van der Waals surface area contributed by atoms with E-state index in [2.05, 4.69) is 10.6 Å². The number of nitrogens with zero attached hydrogens (tertiary/aromatic N) is 1. The minimum absolute atomic E-state index is 0.111. The Bertz CT molecular complexity index is 149. The van der Waals surface area contributed by atoms with Crippen LogP contribution in [0.4, 0.5) is 0 Å². The van der Waals surface area contributed by atoms with Crippen molar-refractivity contribution < 1.29 is 4.79 Å². The van der Waals surface area contributed by atoms with Gasteiger partial charge in [0, 0.05) is 25.7 Å². The van der Waals surface area contributed by atoms with Crippen molar-refractivity contribution in [3.8, 4) is 0 Å². The molecule has 11 heavy (non-hydrogen) atoms. The highest BCUT2D eigenvalue weighted by molar-refractivity contribution is 5.77. The van der Waals surface area contributed by atoms with E-state index in [9.17, 15) is 4.79 Å². The molecule has 2 unspecified atom stereocenters. The lowest BCUT2D eigenvalue weighted by Crippen LogP contribution is -2.34. The fourth-order valence-electron chi connectivity index (χ4n) is 1.09. The molecule has 0 aliphatic carbocycles. The molecule has 0 aromatic rings. The van der Waals surface area contributed by atoms with Gasteiger partial charge in [0.05, 0.1) is 5.92 Å². The average Bonchev–Trinajstić information content (AvgIpc) is 2.13. The fourth-order valence-corrected chi connectivity index (χ4v) is 1.09. The van der Waals surface area contributed by atoms with Crippen LogP contribution in [0.1, 0.15) is 6.92 Å². The molecule has 1 heterocycles. The standard InChI is InChI=1S/C7H14N3O/c1-5-2-9-3-6(4-10-5)7(8)11/h5-6,9H,2-4H2,1H3,(H2,8,11). The summed E-state index contributed by atoms with van der Waals surface area (Å²) >= 11 is 0. The van der Waals surface area contributed by atoms with Crippen molar-refractivity contribution in [3.63, 3.8) is 0 Å². The maximum Gasteiger partial charge on any atom is 0.223 e. The molecular formula is C7H14N3O. The van der Waals surface area contributed by atoms with Crippen LogP contribution in [0.5, 0.6) is 0 Å². The monoisotopic (exact) mass is 156 g/mol. The second kappa shape index (κ2) is 3.69. The highest BCUT2D eigenvalue weighted by Crippen LogP contribution is 1.98. The molecule has 63 valence electrons. The summed E-state index contributed by atoms with van der Waals surface area (Å²) in [6, 6.07) is 0.305. The highest BCUT2D eigenvalue weighted by Gasteiger charge is 2.19. The quantitative estimate of drug-likeness (QED) is 0.494. The number of nitrogens with one attached hydrogen (secondary N) is 1. The molecule has 1 fully saturated rings. The third-order valence-electron chi connectivity index (χ3n) is 1.87. The number of amides is 1. The number of rotatable bonds is 1. The van der Waals surface area contributed by atoms with Gasteiger partial charge in [0.1, 0.15) is 0 Å². The van der Waals surface area contributed by atoms with E-state index in [-0.39, 0.29) is 11.8 Å². The van der Waals surface area contributed by atoms with Gasteiger partial charge in [-0.2, -0.15) is 0 Å². The molecule has 0 bridgehead atoms. The van der Waals surface area contributed by atoms with Gasteiger partial charge in [0.25, 0.3) is 0 Å². The van der Waals surface area contributed by atoms with E-state index in [0.717, 1.165) is 6.54 Å². The lowest BCUT2D eigenvalue weighted by molar-refractivity contribution is -0.121. The van der Waals surface area contributed by atoms with Crippen molar-refractivity contribution in [3.05, 3.63) is 0 Å². The lowest BCUT2D eigenvalue weighted by Gasteiger charge is -2.07. The van der Waals surface area contributed by atoms with Crippen molar-refractivity contribution >= 4 is 5.91 Å². The molecule has 0 spiro atoms. The fraction of sp³-hybridized carbons (Fsp3) is 0.857. The number of carbonyl (C=O) groups is 1. The van der Waals surface area contributed by atoms with E-state index in [1.165, 1.54) is 0 Å². The zero-order valence-corrected chi connectivity index (χ0v) is 6.71. The lowest BCUT2D eigenvalue weighted by atomic mass is 10.1. The summed E-state index contributed by atoms with van der Waals surface area (Å²) in [5.74, 6) is -0.365. The Hall–Kier alpha value is -0.610. The predicted octanol–water partition coefficient (Wildman–Crippen LogP) is -1.32. The van der Waals surface area contributed by atoms with Crippen LogP contribution >= 0.6 is 0 Å². The highest BCUT2D eigenvalue weighted by atomic mass is 16.1. The van der Waals surface area contributed by atoms with Crippen LogP contribution in [0, 0.1) is 5.92 Å². The summed E-state index contributed by atoms with van der Waals surface area (Å²) in [7, 11) is 0. The molecule has 1 rings (SSSR count). The SMILES string of the molecule is CC1CNCC(C(N)=O)C[N]1. The van der Waals surface area contributed by atoms with Crippen LogP contribution in [0.3, 0.4) is 0 Å². The predicted molar refractivity (Wildman–Crippen MR) is 42.0 cm³/mol. The molecule has 1 aliphatic heterocycles. The molecule has 4 heteroatoms. The summed E-state index contributed by atoms with van der Waals surface area (Å²) in [5, 5.41) is 7.40. The van der Waals surface area contributed by atoms with Crippen LogP contribution in [0.15, 0.2) is 0 Å². The van der Waals surface area contributed by atoms with Crippen molar-refractivity contribution in [1.29, 1.82) is 0 Å². The van der Waals surface area contributed by atoms with E-state index in [0.29, 0.717) is 19.1 Å². The second-order valence-corrected chi connectivity index (χ2v) is 2.97. The zero-order chi connectivity index (χ0) is 8.27. The minimum Gasteiger partial charge on any atom is -0.369 e. The van der Waals surface area contributed by atoms with E-state index in [1.807, 2.05) is 6.92 Å². The summed E-state index contributed by atoms with van der Waals surface area (Å²) in [6.45, 7) is 4.12. The first-order chi connectivity index (χ1) is 5.20. The van der Waals surface area contributed by atoms with Crippen LogP contribution in [-0.4, -0.2) is 31.6 Å². The minimum atomic E-state index is -0.254. The molecule has 3 N–H and O–H groups in total. The summed E-state index contributed by atoms with van der Waals surface area (Å²) in [4.78, 5) is 10.7.